The molecule has 0 radical (unpaired) electrons. The van der Waals surface area contributed by atoms with Crippen LogP contribution in [0.15, 0.2) is 0 Å². The van der Waals surface area contributed by atoms with Crippen LogP contribution in [-0.4, -0.2) is 42.4 Å². The average molecular weight is 250 g/mol. The number of hydrogen-bond donors (Lipinski definition) is 2. The molecule has 6 nitrogen and oxygen atoms in total. The number of nitrogens with zero attached hydrogens (tertiary/aromatic N) is 1. The molecule has 1 unspecified atom stereocenters. The van der Waals surface area contributed by atoms with Gasteiger partial charge in [-0.3, -0.25) is 4.79 Å². The second-order valence-electron chi connectivity index (χ2n) is 4.05. The predicted molar refractivity (Wildman–Crippen MR) is 59.2 cm³/mol. The molecule has 2 N–H and O–H groups in total. The molecule has 1 aliphatic rings. The molecular formula is C9H18N2O4S. The van der Waals surface area contributed by atoms with Crippen LogP contribution in [0.1, 0.15) is 33.1 Å². The summed E-state index contributed by atoms with van der Waals surface area (Å²) in [4.78, 5) is 10.5. The maximum absolute atomic E-state index is 11.9. The predicted octanol–water partition coefficient (Wildman–Crippen LogP) is 0.168. The van der Waals surface area contributed by atoms with Crippen LogP contribution in [-0.2, 0) is 15.0 Å². The number of rotatable bonds is 7. The first-order valence-electron chi connectivity index (χ1n) is 5.37. The lowest BCUT2D eigenvalue weighted by atomic mass is 10.2. The first-order valence-corrected chi connectivity index (χ1v) is 6.81. The first-order chi connectivity index (χ1) is 7.36. The molecule has 16 heavy (non-hydrogen) atoms. The van der Waals surface area contributed by atoms with Gasteiger partial charge in [0.15, 0.2) is 0 Å². The van der Waals surface area contributed by atoms with Gasteiger partial charge in [-0.15, -0.1) is 0 Å². The van der Waals surface area contributed by atoms with Crippen LogP contribution in [0, 0.1) is 0 Å². The molecule has 1 fully saturated rings. The van der Waals surface area contributed by atoms with Crippen LogP contribution < -0.4 is 4.72 Å². The van der Waals surface area contributed by atoms with Crippen molar-refractivity contribution in [1.29, 1.82) is 0 Å². The Hall–Kier alpha value is -0.660. The van der Waals surface area contributed by atoms with Crippen molar-refractivity contribution in [3.8, 4) is 0 Å². The topological polar surface area (TPSA) is 86.7 Å². The molecule has 0 heterocycles. The maximum Gasteiger partial charge on any atom is 0.304 e. The lowest BCUT2D eigenvalue weighted by Crippen LogP contribution is -2.46. The lowest BCUT2D eigenvalue weighted by Gasteiger charge is -2.26. The summed E-state index contributed by atoms with van der Waals surface area (Å²) in [6, 6.07) is -0.491. The molecule has 0 spiro atoms. The Morgan fingerprint density at radius 2 is 2.12 bits per heavy atom. The highest BCUT2D eigenvalue weighted by molar-refractivity contribution is 7.87. The molecule has 0 aliphatic heterocycles. The van der Waals surface area contributed by atoms with Crippen molar-refractivity contribution in [2.45, 2.75) is 45.2 Å². The number of carboxylic acid groups (broad SMARTS) is 1. The number of aliphatic carboxylic acids is 1. The molecule has 1 atom stereocenters. The van der Waals surface area contributed by atoms with E-state index in [-0.39, 0.29) is 19.0 Å². The molecular weight excluding hydrogens is 232 g/mol. The average Bonchev–Trinajstić information content (AvgIpc) is 2.85. The van der Waals surface area contributed by atoms with E-state index in [0.717, 1.165) is 12.8 Å². The van der Waals surface area contributed by atoms with Crippen molar-refractivity contribution in [3.63, 3.8) is 0 Å². The monoisotopic (exact) mass is 250 g/mol. The third kappa shape index (κ3) is 3.73. The highest BCUT2D eigenvalue weighted by atomic mass is 32.2. The van der Waals surface area contributed by atoms with Crippen molar-refractivity contribution < 1.29 is 18.3 Å². The van der Waals surface area contributed by atoms with Crippen LogP contribution in [0.4, 0.5) is 0 Å². The summed E-state index contributed by atoms with van der Waals surface area (Å²) in [5, 5.41) is 8.65. The standard InChI is InChI=1S/C9H18N2O4S/c1-3-11(7(2)6-9(12)13)16(14,15)10-8-4-5-8/h7-8,10H,3-6H2,1-2H3,(H,12,13). The largest absolute Gasteiger partial charge is 0.481 e. The van der Waals surface area contributed by atoms with E-state index in [2.05, 4.69) is 4.72 Å². The van der Waals surface area contributed by atoms with Crippen LogP contribution in [0.5, 0.6) is 0 Å². The zero-order valence-electron chi connectivity index (χ0n) is 9.51. The van der Waals surface area contributed by atoms with Gasteiger partial charge >= 0.3 is 5.97 Å². The molecule has 1 aliphatic carbocycles. The number of hydrogen-bond acceptors (Lipinski definition) is 3. The summed E-state index contributed by atoms with van der Waals surface area (Å²) < 4.78 is 27.4. The molecule has 1 rings (SSSR count). The Balaban J connectivity index is 2.66. The second kappa shape index (κ2) is 5.11. The third-order valence-corrected chi connectivity index (χ3v) is 4.34. The minimum absolute atomic E-state index is 0.0380. The fourth-order valence-corrected chi connectivity index (χ4v) is 3.23. The van der Waals surface area contributed by atoms with Crippen LogP contribution in [0.3, 0.4) is 0 Å². The van der Waals surface area contributed by atoms with E-state index in [0.29, 0.717) is 0 Å². The molecule has 0 aromatic carbocycles. The summed E-state index contributed by atoms with van der Waals surface area (Å²) >= 11 is 0. The number of nitrogens with one attached hydrogen (secondary N) is 1. The molecule has 0 saturated heterocycles. The van der Waals surface area contributed by atoms with Crippen LogP contribution in [0.25, 0.3) is 0 Å². The Morgan fingerprint density at radius 3 is 2.50 bits per heavy atom. The van der Waals surface area contributed by atoms with Crippen molar-refractivity contribution in [1.82, 2.24) is 9.03 Å². The first kappa shape index (κ1) is 13.4. The van der Waals surface area contributed by atoms with E-state index in [1.54, 1.807) is 13.8 Å². The van der Waals surface area contributed by atoms with E-state index >= 15 is 0 Å². The summed E-state index contributed by atoms with van der Waals surface area (Å²) in [5.41, 5.74) is 0. The van der Waals surface area contributed by atoms with Gasteiger partial charge in [0, 0.05) is 18.6 Å². The van der Waals surface area contributed by atoms with Gasteiger partial charge in [0.2, 0.25) is 0 Å². The smallest absolute Gasteiger partial charge is 0.304 e. The van der Waals surface area contributed by atoms with E-state index in [1.165, 1.54) is 4.31 Å². The molecule has 1 saturated carbocycles. The molecule has 7 heteroatoms. The fraction of sp³-hybridized carbons (Fsp3) is 0.889. The van der Waals surface area contributed by atoms with Crippen molar-refractivity contribution in [2.75, 3.05) is 6.54 Å². The van der Waals surface area contributed by atoms with Crippen molar-refractivity contribution in [2.24, 2.45) is 0 Å². The molecule has 0 amide bonds. The highest BCUT2D eigenvalue weighted by Gasteiger charge is 2.33. The second-order valence-corrected chi connectivity index (χ2v) is 5.70. The summed E-state index contributed by atoms with van der Waals surface area (Å²) in [6.07, 6.45) is 1.55. The van der Waals surface area contributed by atoms with Gasteiger partial charge in [-0.1, -0.05) is 6.92 Å². The van der Waals surface area contributed by atoms with Gasteiger partial charge in [0.05, 0.1) is 6.42 Å². The Labute approximate surface area is 95.8 Å². The molecule has 0 aromatic heterocycles. The third-order valence-electron chi connectivity index (χ3n) is 2.48. The molecule has 0 bridgehead atoms. The van der Waals surface area contributed by atoms with Crippen molar-refractivity contribution in [3.05, 3.63) is 0 Å². The van der Waals surface area contributed by atoms with E-state index in [1.807, 2.05) is 0 Å². The van der Waals surface area contributed by atoms with Gasteiger partial charge in [-0.05, 0) is 19.8 Å². The van der Waals surface area contributed by atoms with Gasteiger partial charge in [0.1, 0.15) is 0 Å². The van der Waals surface area contributed by atoms with E-state index in [4.69, 9.17) is 5.11 Å². The number of carboxylic acids is 1. The SMILES string of the molecule is CCN(C(C)CC(=O)O)S(=O)(=O)NC1CC1. The van der Waals surface area contributed by atoms with Crippen LogP contribution >= 0.6 is 0 Å². The minimum Gasteiger partial charge on any atom is -0.481 e. The van der Waals surface area contributed by atoms with E-state index < -0.39 is 22.2 Å². The van der Waals surface area contributed by atoms with Crippen molar-refractivity contribution >= 4 is 16.2 Å². The van der Waals surface area contributed by atoms with Crippen LogP contribution in [0.2, 0.25) is 0 Å². The highest BCUT2D eigenvalue weighted by Crippen LogP contribution is 2.21. The van der Waals surface area contributed by atoms with Gasteiger partial charge in [0.25, 0.3) is 10.2 Å². The maximum atomic E-state index is 11.9. The van der Waals surface area contributed by atoms with Gasteiger partial charge < -0.3 is 5.11 Å². The Morgan fingerprint density at radius 1 is 1.56 bits per heavy atom. The fourth-order valence-electron chi connectivity index (χ4n) is 1.55. The lowest BCUT2D eigenvalue weighted by molar-refractivity contribution is -0.137. The molecule has 94 valence electrons. The Bertz CT molecular complexity index is 351. The zero-order valence-corrected chi connectivity index (χ0v) is 10.3. The minimum atomic E-state index is -3.53. The van der Waals surface area contributed by atoms with Gasteiger partial charge in [-0.2, -0.15) is 17.4 Å². The quantitative estimate of drug-likeness (QED) is 0.674. The zero-order chi connectivity index (χ0) is 12.3. The Kier molecular flexibility index (Phi) is 4.28. The normalized spacial score (nSPS) is 18.7. The van der Waals surface area contributed by atoms with Gasteiger partial charge in [-0.25, -0.2) is 0 Å². The molecule has 0 aromatic rings. The summed E-state index contributed by atoms with van der Waals surface area (Å²) in [6.45, 7) is 3.57. The van der Waals surface area contributed by atoms with E-state index in [9.17, 15) is 13.2 Å². The summed E-state index contributed by atoms with van der Waals surface area (Å²) in [5.74, 6) is -0.993. The summed E-state index contributed by atoms with van der Waals surface area (Å²) in [7, 11) is -3.53. The number of carbonyl (C=O) groups is 1.